The number of rotatable bonds is 6. The Morgan fingerprint density at radius 1 is 1.07 bits per heavy atom. The molecule has 0 radical (unpaired) electrons. The first-order valence-corrected chi connectivity index (χ1v) is 9.95. The molecule has 0 bridgehead atoms. The highest BCUT2D eigenvalue weighted by Crippen LogP contribution is 2.18. The normalized spacial score (nSPS) is 12.0. The minimum Gasteiger partial charge on any atom is -0.454 e. The number of carbonyl (C=O) groups excluding carboxylic acids is 2. The summed E-state index contributed by atoms with van der Waals surface area (Å²) in [7, 11) is 1.64. The molecule has 0 aliphatic heterocycles. The van der Waals surface area contributed by atoms with Crippen LogP contribution in [0, 0.1) is 20.8 Å². The molecular formula is C24H26N2O4. The van der Waals surface area contributed by atoms with Crippen LogP contribution in [0.3, 0.4) is 0 Å². The molecule has 6 nitrogen and oxygen atoms in total. The molecule has 6 heteroatoms. The summed E-state index contributed by atoms with van der Waals surface area (Å²) in [6, 6.07) is 10.9. The van der Waals surface area contributed by atoms with Gasteiger partial charge in [0.15, 0.2) is 6.10 Å². The molecular weight excluding hydrogens is 380 g/mol. The molecule has 3 aromatic rings. The number of carbonyl (C=O) groups is 2. The van der Waals surface area contributed by atoms with Gasteiger partial charge in [0.05, 0.1) is 17.3 Å². The second kappa shape index (κ2) is 8.61. The molecule has 156 valence electrons. The number of ketones is 1. The molecule has 1 atom stereocenters. The molecule has 0 N–H and O–H groups in total. The van der Waals surface area contributed by atoms with Gasteiger partial charge in [-0.1, -0.05) is 18.2 Å². The molecule has 0 amide bonds. The number of hydrogen-bond acceptors (Lipinski definition) is 5. The quantitative estimate of drug-likeness (QED) is 0.462. The van der Waals surface area contributed by atoms with Gasteiger partial charge in [-0.05, 0) is 62.6 Å². The summed E-state index contributed by atoms with van der Waals surface area (Å²) in [6.07, 6.45) is -0.604. The van der Waals surface area contributed by atoms with Crippen molar-refractivity contribution in [2.75, 3.05) is 0 Å². The van der Waals surface area contributed by atoms with Crippen molar-refractivity contribution >= 4 is 22.7 Å². The Morgan fingerprint density at radius 2 is 1.73 bits per heavy atom. The van der Waals surface area contributed by atoms with Gasteiger partial charge in [0, 0.05) is 19.0 Å². The molecule has 30 heavy (non-hydrogen) atoms. The number of Topliss-reactive ketones (excluding diaryl/α,β-unsaturated/α-hetero) is 1. The van der Waals surface area contributed by atoms with Gasteiger partial charge in [-0.3, -0.25) is 19.0 Å². The smallest absolute Gasteiger partial charge is 0.306 e. The van der Waals surface area contributed by atoms with E-state index in [9.17, 15) is 14.4 Å². The van der Waals surface area contributed by atoms with Crippen LogP contribution in [0.2, 0.25) is 0 Å². The maximum atomic E-state index is 12.7. The summed E-state index contributed by atoms with van der Waals surface area (Å²) in [5.41, 5.74) is 4.00. The van der Waals surface area contributed by atoms with Gasteiger partial charge in [-0.2, -0.15) is 0 Å². The number of hydrogen-bond donors (Lipinski definition) is 0. The summed E-state index contributed by atoms with van der Waals surface area (Å²) >= 11 is 0. The van der Waals surface area contributed by atoms with Crippen LogP contribution in [0.1, 0.15) is 46.2 Å². The molecule has 0 aliphatic rings. The number of para-hydroxylation sites is 1. The lowest BCUT2D eigenvalue weighted by Gasteiger charge is -2.15. The van der Waals surface area contributed by atoms with Crippen LogP contribution in [0.5, 0.6) is 0 Å². The summed E-state index contributed by atoms with van der Waals surface area (Å²) in [4.78, 5) is 42.0. The van der Waals surface area contributed by atoms with Gasteiger partial charge in [-0.25, -0.2) is 4.98 Å². The fraction of sp³-hybridized carbons (Fsp3) is 0.333. The van der Waals surface area contributed by atoms with Gasteiger partial charge in [0.25, 0.3) is 5.56 Å². The lowest BCUT2D eigenvalue weighted by molar-refractivity contribution is -0.146. The molecule has 0 aliphatic carbocycles. The highest BCUT2D eigenvalue weighted by molar-refractivity contribution is 6.01. The third-order valence-corrected chi connectivity index (χ3v) is 5.41. The summed E-state index contributed by atoms with van der Waals surface area (Å²) in [5, 5.41) is 0.536. The van der Waals surface area contributed by atoms with Crippen LogP contribution < -0.4 is 5.56 Å². The second-order valence-electron chi connectivity index (χ2n) is 7.66. The second-order valence-corrected chi connectivity index (χ2v) is 7.66. The molecule has 0 saturated carbocycles. The number of aryl methyl sites for hydroxylation is 4. The van der Waals surface area contributed by atoms with Crippen LogP contribution in [-0.2, 0) is 23.0 Å². The van der Waals surface area contributed by atoms with E-state index >= 15 is 0 Å². The molecule has 2 aromatic carbocycles. The highest BCUT2D eigenvalue weighted by atomic mass is 16.5. The predicted octanol–water partition coefficient (Wildman–Crippen LogP) is 3.61. The van der Waals surface area contributed by atoms with Crippen molar-refractivity contribution in [3.05, 3.63) is 74.8 Å². The third-order valence-electron chi connectivity index (χ3n) is 5.41. The zero-order valence-electron chi connectivity index (χ0n) is 18.0. The van der Waals surface area contributed by atoms with E-state index in [1.54, 1.807) is 32.2 Å². The zero-order chi connectivity index (χ0) is 22.0. The monoisotopic (exact) mass is 406 g/mol. The van der Waals surface area contributed by atoms with E-state index in [1.807, 2.05) is 39.0 Å². The van der Waals surface area contributed by atoms with Crippen molar-refractivity contribution in [1.29, 1.82) is 0 Å². The van der Waals surface area contributed by atoms with E-state index in [0.29, 0.717) is 22.3 Å². The summed E-state index contributed by atoms with van der Waals surface area (Å²) in [5.74, 6) is -0.223. The Hall–Kier alpha value is -3.28. The largest absolute Gasteiger partial charge is 0.454 e. The highest BCUT2D eigenvalue weighted by Gasteiger charge is 2.22. The minimum atomic E-state index is -0.883. The minimum absolute atomic E-state index is 0.0299. The van der Waals surface area contributed by atoms with Gasteiger partial charge in [0.2, 0.25) is 5.78 Å². The first kappa shape index (κ1) is 21.4. The molecule has 0 saturated heterocycles. The van der Waals surface area contributed by atoms with Crippen LogP contribution in [0.15, 0.2) is 41.2 Å². The van der Waals surface area contributed by atoms with Crippen LogP contribution >= 0.6 is 0 Å². The maximum Gasteiger partial charge on any atom is 0.306 e. The van der Waals surface area contributed by atoms with Crippen LogP contribution in [0.25, 0.3) is 10.9 Å². The topological polar surface area (TPSA) is 78.3 Å². The lowest BCUT2D eigenvalue weighted by Crippen LogP contribution is -2.26. The van der Waals surface area contributed by atoms with Crippen LogP contribution in [0.4, 0.5) is 0 Å². The van der Waals surface area contributed by atoms with Crippen molar-refractivity contribution in [1.82, 2.24) is 9.55 Å². The van der Waals surface area contributed by atoms with Gasteiger partial charge < -0.3 is 4.74 Å². The van der Waals surface area contributed by atoms with Crippen molar-refractivity contribution in [2.24, 2.45) is 7.05 Å². The van der Waals surface area contributed by atoms with E-state index in [4.69, 9.17) is 4.74 Å². The number of ether oxygens (including phenoxy) is 1. The van der Waals surface area contributed by atoms with E-state index in [0.717, 1.165) is 16.7 Å². The van der Waals surface area contributed by atoms with Crippen molar-refractivity contribution < 1.29 is 14.3 Å². The third kappa shape index (κ3) is 4.32. The first-order valence-electron chi connectivity index (χ1n) is 9.95. The number of benzene rings is 2. The Morgan fingerprint density at radius 3 is 2.47 bits per heavy atom. The average Bonchev–Trinajstić information content (AvgIpc) is 2.71. The molecule has 0 fully saturated rings. The standard InChI is InChI=1S/C24H26N2O4/c1-14-12-16(3)19(13-15(14)2)23(28)17(4)30-22(27)11-10-21-25-20-9-7-6-8-18(20)24(29)26(21)5/h6-9,12-13,17H,10-11H2,1-5H3/t17-/m0/s1. The number of nitrogens with zero attached hydrogens (tertiary/aromatic N) is 2. The Labute approximate surface area is 175 Å². The van der Waals surface area contributed by atoms with Gasteiger partial charge >= 0.3 is 5.97 Å². The first-order chi connectivity index (χ1) is 14.2. The zero-order valence-corrected chi connectivity index (χ0v) is 18.0. The van der Waals surface area contributed by atoms with E-state index in [-0.39, 0.29) is 24.2 Å². The average molecular weight is 406 g/mol. The molecule has 3 rings (SSSR count). The lowest BCUT2D eigenvalue weighted by atomic mass is 9.96. The van der Waals surface area contributed by atoms with E-state index < -0.39 is 12.1 Å². The Bertz CT molecular complexity index is 1190. The predicted molar refractivity (Wildman–Crippen MR) is 116 cm³/mol. The van der Waals surface area contributed by atoms with Crippen molar-refractivity contribution in [3.8, 4) is 0 Å². The Balaban J connectivity index is 1.68. The van der Waals surface area contributed by atoms with Crippen molar-refractivity contribution in [2.45, 2.75) is 46.6 Å². The molecule has 1 heterocycles. The van der Waals surface area contributed by atoms with Gasteiger partial charge in [-0.15, -0.1) is 0 Å². The van der Waals surface area contributed by atoms with Crippen molar-refractivity contribution in [3.63, 3.8) is 0 Å². The van der Waals surface area contributed by atoms with E-state index in [1.165, 1.54) is 4.57 Å². The van der Waals surface area contributed by atoms with Crippen LogP contribution in [-0.4, -0.2) is 27.4 Å². The maximum absolute atomic E-state index is 12.7. The number of esters is 1. The number of fused-ring (bicyclic) bond motifs is 1. The van der Waals surface area contributed by atoms with Gasteiger partial charge in [0.1, 0.15) is 5.82 Å². The Kier molecular flexibility index (Phi) is 6.15. The summed E-state index contributed by atoms with van der Waals surface area (Å²) < 4.78 is 6.81. The van der Waals surface area contributed by atoms with E-state index in [2.05, 4.69) is 4.98 Å². The number of aromatic nitrogens is 2. The summed E-state index contributed by atoms with van der Waals surface area (Å²) in [6.45, 7) is 7.40. The molecule has 0 spiro atoms. The fourth-order valence-electron chi connectivity index (χ4n) is 3.46. The molecule has 0 unspecified atom stereocenters. The molecule has 1 aromatic heterocycles. The SMILES string of the molecule is Cc1cc(C)c(C(=O)[C@H](C)OC(=O)CCc2nc3ccccc3c(=O)n2C)cc1C. The fourth-order valence-corrected chi connectivity index (χ4v) is 3.46.